The highest BCUT2D eigenvalue weighted by atomic mass is 35.5. The van der Waals surface area contributed by atoms with Gasteiger partial charge in [0.25, 0.3) is 0 Å². The van der Waals surface area contributed by atoms with E-state index in [-0.39, 0.29) is 5.78 Å². The lowest BCUT2D eigenvalue weighted by Crippen LogP contribution is -2.37. The monoisotopic (exact) mass is 351 g/mol. The Morgan fingerprint density at radius 2 is 1.40 bits per heavy atom. The molecule has 128 valence electrons. The van der Waals surface area contributed by atoms with Crippen molar-refractivity contribution in [2.24, 2.45) is 0 Å². The van der Waals surface area contributed by atoms with Gasteiger partial charge in [0.2, 0.25) is 0 Å². The molecule has 1 saturated heterocycles. The van der Waals surface area contributed by atoms with E-state index in [2.05, 4.69) is 43.0 Å². The second kappa shape index (κ2) is 7.81. The Balaban J connectivity index is 1.93. The van der Waals surface area contributed by atoms with Crippen molar-refractivity contribution >= 4 is 29.5 Å². The van der Waals surface area contributed by atoms with Gasteiger partial charge < -0.3 is 0 Å². The third-order valence-corrected chi connectivity index (χ3v) is 4.70. The van der Waals surface area contributed by atoms with Crippen molar-refractivity contribution in [3.8, 4) is 0 Å². The van der Waals surface area contributed by atoms with E-state index in [1.54, 1.807) is 0 Å². The zero-order chi connectivity index (χ0) is 17.8. The predicted octanol–water partition coefficient (Wildman–Crippen LogP) is 5.02. The van der Waals surface area contributed by atoms with E-state index >= 15 is 0 Å². The number of halogens is 1. The molecule has 0 N–H and O–H groups in total. The first-order valence-electron chi connectivity index (χ1n) is 8.55. The highest BCUT2D eigenvalue weighted by Gasteiger charge is 2.25. The fourth-order valence-corrected chi connectivity index (χ4v) is 3.08. The number of nitrogens with zero attached hydrogens (tertiary/aromatic N) is 1. The number of ketones is 1. The van der Waals surface area contributed by atoms with Crippen LogP contribution in [0, 0.1) is 6.92 Å². The minimum absolute atomic E-state index is 0.139. The summed E-state index contributed by atoms with van der Waals surface area (Å²) in [4.78, 5) is 15.2. The Morgan fingerprint density at radius 1 is 0.920 bits per heavy atom. The molecule has 1 aliphatic heterocycles. The fourth-order valence-electron chi connectivity index (χ4n) is 2.96. The van der Waals surface area contributed by atoms with E-state index in [4.69, 9.17) is 11.6 Å². The maximum atomic E-state index is 12.9. The van der Waals surface area contributed by atoms with Crippen molar-refractivity contribution in [2.75, 3.05) is 19.6 Å². The van der Waals surface area contributed by atoms with Crippen LogP contribution in [0.2, 0.25) is 5.02 Å². The Hall–Kier alpha value is -2.16. The number of hydrogen-bond acceptors (Lipinski definition) is 2. The molecule has 3 heteroatoms. The first-order chi connectivity index (χ1) is 12.0. The summed E-state index contributed by atoms with van der Waals surface area (Å²) in [6.45, 7) is 6.48. The second-order valence-corrected chi connectivity index (χ2v) is 6.87. The summed E-state index contributed by atoms with van der Waals surface area (Å²) < 4.78 is 0. The van der Waals surface area contributed by atoms with Gasteiger partial charge in [0.15, 0.2) is 5.78 Å². The highest BCUT2D eigenvalue weighted by molar-refractivity contribution is 6.30. The van der Waals surface area contributed by atoms with Crippen molar-refractivity contribution in [3.05, 3.63) is 81.4 Å². The van der Waals surface area contributed by atoms with E-state index in [9.17, 15) is 4.79 Å². The van der Waals surface area contributed by atoms with Crippen LogP contribution in [0.15, 0.2) is 59.7 Å². The summed E-state index contributed by atoms with van der Waals surface area (Å²) in [6.07, 6.45) is 3.99. The Labute approximate surface area is 154 Å². The third kappa shape index (κ3) is 4.47. The van der Waals surface area contributed by atoms with Crippen molar-refractivity contribution in [3.63, 3.8) is 0 Å². The Bertz CT molecular complexity index is 749. The van der Waals surface area contributed by atoms with Crippen LogP contribution >= 0.6 is 11.6 Å². The topological polar surface area (TPSA) is 20.3 Å². The number of hydrogen-bond donors (Lipinski definition) is 0. The molecule has 2 aromatic carbocycles. The summed E-state index contributed by atoms with van der Waals surface area (Å²) in [5, 5.41) is 0.701. The maximum absolute atomic E-state index is 12.9. The second-order valence-electron chi connectivity index (χ2n) is 6.43. The van der Waals surface area contributed by atoms with Crippen LogP contribution < -0.4 is 0 Å². The van der Waals surface area contributed by atoms with Gasteiger partial charge in [0.1, 0.15) is 0 Å². The number of likely N-dealkylation sites (tertiary alicyclic amines) is 1. The van der Waals surface area contributed by atoms with E-state index in [0.29, 0.717) is 18.1 Å². The normalized spacial score (nSPS) is 18.9. The summed E-state index contributed by atoms with van der Waals surface area (Å²) in [5.41, 5.74) is 4.96. The molecule has 0 radical (unpaired) electrons. The van der Waals surface area contributed by atoms with Gasteiger partial charge in [-0.1, -0.05) is 60.5 Å². The molecule has 0 bridgehead atoms. The number of likely N-dealkylation sites (N-methyl/N-ethyl adjacent to an activating group) is 1. The Kier molecular flexibility index (Phi) is 5.52. The summed E-state index contributed by atoms with van der Waals surface area (Å²) in [6, 6.07) is 15.8. The molecule has 1 heterocycles. The van der Waals surface area contributed by atoms with Gasteiger partial charge >= 0.3 is 0 Å². The van der Waals surface area contributed by atoms with Crippen molar-refractivity contribution in [1.82, 2.24) is 4.90 Å². The number of carbonyl (C=O) groups is 1. The zero-order valence-electron chi connectivity index (χ0n) is 14.6. The molecule has 2 nitrogen and oxygen atoms in total. The molecule has 3 rings (SSSR count). The van der Waals surface area contributed by atoms with Crippen LogP contribution in [0.3, 0.4) is 0 Å². The van der Waals surface area contributed by atoms with E-state index in [1.807, 2.05) is 36.4 Å². The number of Topliss-reactive ketones (excluding diaryl/α,β-unsaturated/α-hetero) is 1. The number of aryl methyl sites for hydroxylation is 1. The lowest BCUT2D eigenvalue weighted by atomic mass is 9.94. The van der Waals surface area contributed by atoms with Gasteiger partial charge in [-0.2, -0.15) is 0 Å². The van der Waals surface area contributed by atoms with E-state index < -0.39 is 0 Å². The van der Waals surface area contributed by atoms with Gasteiger partial charge in [-0.15, -0.1) is 0 Å². The van der Waals surface area contributed by atoms with Crippen LogP contribution in [-0.2, 0) is 4.79 Å². The largest absolute Gasteiger partial charge is 0.295 e. The van der Waals surface area contributed by atoms with Gasteiger partial charge in [-0.3, -0.25) is 9.69 Å². The molecular formula is C22H22ClNO. The molecule has 0 spiro atoms. The molecule has 25 heavy (non-hydrogen) atoms. The number of carbonyl (C=O) groups excluding carboxylic acids is 1. The highest BCUT2D eigenvalue weighted by Crippen LogP contribution is 2.22. The molecule has 0 saturated carbocycles. The molecule has 1 fully saturated rings. The van der Waals surface area contributed by atoms with Crippen LogP contribution in [0.4, 0.5) is 0 Å². The summed E-state index contributed by atoms with van der Waals surface area (Å²) in [5.74, 6) is 0.139. The van der Waals surface area contributed by atoms with Gasteiger partial charge in [-0.05, 0) is 48.9 Å². The molecular weight excluding hydrogens is 330 g/mol. The van der Waals surface area contributed by atoms with Crippen LogP contribution in [0.1, 0.15) is 23.6 Å². The average Bonchev–Trinajstić information content (AvgIpc) is 2.62. The van der Waals surface area contributed by atoms with Crippen LogP contribution in [0.5, 0.6) is 0 Å². The fraction of sp³-hybridized carbons (Fsp3) is 0.227. The SMILES string of the molecule is CCN1C/C(=C\c2ccc(C)cc2)C(=O)/C(=C/c2ccc(Cl)cc2)C1. The van der Waals surface area contributed by atoms with Crippen molar-refractivity contribution in [2.45, 2.75) is 13.8 Å². The zero-order valence-corrected chi connectivity index (χ0v) is 15.4. The number of rotatable bonds is 3. The van der Waals surface area contributed by atoms with E-state index in [0.717, 1.165) is 28.8 Å². The maximum Gasteiger partial charge on any atom is 0.187 e. The smallest absolute Gasteiger partial charge is 0.187 e. The first-order valence-corrected chi connectivity index (χ1v) is 8.93. The molecule has 0 aromatic heterocycles. The van der Waals surface area contributed by atoms with E-state index in [1.165, 1.54) is 5.56 Å². The molecule has 0 amide bonds. The number of piperidine rings is 1. The molecule has 0 unspecified atom stereocenters. The molecule has 0 atom stereocenters. The minimum Gasteiger partial charge on any atom is -0.295 e. The van der Waals surface area contributed by atoms with Gasteiger partial charge in [-0.25, -0.2) is 0 Å². The minimum atomic E-state index is 0.139. The quantitative estimate of drug-likeness (QED) is 0.723. The molecule has 0 aliphatic carbocycles. The average molecular weight is 352 g/mol. The molecule has 2 aromatic rings. The van der Waals surface area contributed by atoms with Crippen molar-refractivity contribution < 1.29 is 4.79 Å². The third-order valence-electron chi connectivity index (χ3n) is 4.45. The first kappa shape index (κ1) is 17.7. The standard InChI is InChI=1S/C22H22ClNO/c1-3-24-14-19(12-17-6-4-16(2)5-7-17)22(25)20(15-24)13-18-8-10-21(23)11-9-18/h4-13H,3,14-15H2,1-2H3/b19-12+,20-13+. The van der Waals surface area contributed by atoms with Crippen LogP contribution in [-0.4, -0.2) is 30.3 Å². The van der Waals surface area contributed by atoms with Crippen LogP contribution in [0.25, 0.3) is 12.2 Å². The number of benzene rings is 2. The summed E-state index contributed by atoms with van der Waals surface area (Å²) in [7, 11) is 0. The Morgan fingerprint density at radius 3 is 1.88 bits per heavy atom. The predicted molar refractivity (Wildman–Crippen MR) is 106 cm³/mol. The summed E-state index contributed by atoms with van der Waals surface area (Å²) >= 11 is 5.95. The van der Waals surface area contributed by atoms with Gasteiger partial charge in [0.05, 0.1) is 0 Å². The van der Waals surface area contributed by atoms with Crippen molar-refractivity contribution in [1.29, 1.82) is 0 Å². The van der Waals surface area contributed by atoms with Gasteiger partial charge in [0, 0.05) is 29.3 Å². The lowest BCUT2D eigenvalue weighted by Gasteiger charge is -2.28. The lowest BCUT2D eigenvalue weighted by molar-refractivity contribution is -0.113. The molecule has 1 aliphatic rings.